The van der Waals surface area contributed by atoms with Gasteiger partial charge < -0.3 is 14.6 Å². The summed E-state index contributed by atoms with van der Waals surface area (Å²) in [5, 5.41) is 9.33. The van der Waals surface area contributed by atoms with Crippen LogP contribution in [0.2, 0.25) is 0 Å². The number of hydrogen-bond acceptors (Lipinski definition) is 3. The van der Waals surface area contributed by atoms with Crippen LogP contribution in [0, 0.1) is 0 Å². The summed E-state index contributed by atoms with van der Waals surface area (Å²) in [7, 11) is 4.20. The Labute approximate surface area is 226 Å². The number of carbonyl (C=O) groups is 1. The molecule has 0 atom stereocenters. The van der Waals surface area contributed by atoms with E-state index < -0.39 is 5.97 Å². The Morgan fingerprint density at radius 3 is 1.86 bits per heavy atom. The van der Waals surface area contributed by atoms with E-state index in [1.54, 1.807) is 12.1 Å². The molecule has 0 radical (unpaired) electrons. The summed E-state index contributed by atoms with van der Waals surface area (Å²) in [6.45, 7) is 4.24. The molecule has 1 heterocycles. The number of rotatable bonds is 21. The van der Waals surface area contributed by atoms with Crippen molar-refractivity contribution in [1.29, 1.82) is 0 Å². The molecule has 0 aliphatic heterocycles. The van der Waals surface area contributed by atoms with Crippen molar-refractivity contribution in [2.45, 2.75) is 123 Å². The van der Waals surface area contributed by atoms with Gasteiger partial charge in [-0.1, -0.05) is 96.8 Å². The fraction of sp³-hybridized carbons (Fsp3) is 0.733. The molecule has 0 spiro atoms. The number of hydrogen-bond donors (Lipinski definition) is 1. The third-order valence-electron chi connectivity index (χ3n) is 7.07. The lowest BCUT2D eigenvalue weighted by atomic mass is 10.0. The van der Waals surface area contributed by atoms with E-state index in [1.165, 1.54) is 89.9 Å². The van der Waals surface area contributed by atoms with Crippen molar-refractivity contribution in [3.63, 3.8) is 0 Å². The highest BCUT2D eigenvalue weighted by molar-refractivity contribution is 5.92. The van der Waals surface area contributed by atoms with Gasteiger partial charge in [0.05, 0.1) is 16.6 Å². The van der Waals surface area contributed by atoms with Gasteiger partial charge in [0.1, 0.15) is 5.82 Å². The predicted octanol–water partition coefficient (Wildman–Crippen LogP) is 8.52. The Hall–Kier alpha value is -1.59. The van der Waals surface area contributed by atoms with E-state index in [0.717, 1.165) is 49.2 Å². The number of carboxylic acid groups (broad SMARTS) is 1. The number of aromatic carboxylic acids is 1. The van der Waals surface area contributed by atoms with Gasteiger partial charge in [-0.05, 0) is 51.7 Å². The van der Waals surface area contributed by atoms with Gasteiger partial charge in [-0.25, -0.2) is 9.78 Å². The van der Waals surface area contributed by atoms with Crippen molar-refractivity contribution >= 4 is 29.4 Å². The zero-order valence-corrected chi connectivity index (χ0v) is 24.1. The minimum absolute atomic E-state index is 0. The zero-order valence-electron chi connectivity index (χ0n) is 23.3. The number of imidazole rings is 1. The summed E-state index contributed by atoms with van der Waals surface area (Å²) in [6, 6.07) is 5.35. The Bertz CT molecular complexity index is 850. The van der Waals surface area contributed by atoms with Gasteiger partial charge in [0.25, 0.3) is 0 Å². The summed E-state index contributed by atoms with van der Waals surface area (Å²) < 4.78 is 2.31. The first-order valence-electron chi connectivity index (χ1n) is 14.4. The predicted molar refractivity (Wildman–Crippen MR) is 156 cm³/mol. The first-order chi connectivity index (χ1) is 17.0. The van der Waals surface area contributed by atoms with Crippen molar-refractivity contribution in [3.05, 3.63) is 29.6 Å². The molecule has 1 aromatic carbocycles. The van der Waals surface area contributed by atoms with E-state index in [0.29, 0.717) is 5.56 Å². The van der Waals surface area contributed by atoms with Gasteiger partial charge in [-0.3, -0.25) is 0 Å². The maximum Gasteiger partial charge on any atom is 0.335 e. The van der Waals surface area contributed by atoms with Gasteiger partial charge in [-0.2, -0.15) is 0 Å². The Kier molecular flexibility index (Phi) is 17.6. The van der Waals surface area contributed by atoms with Gasteiger partial charge in [-0.15, -0.1) is 12.4 Å². The minimum atomic E-state index is -0.891. The van der Waals surface area contributed by atoms with Crippen molar-refractivity contribution in [3.8, 4) is 0 Å². The minimum Gasteiger partial charge on any atom is -0.478 e. The third-order valence-corrected chi connectivity index (χ3v) is 7.07. The first kappa shape index (κ1) is 32.4. The molecule has 1 aromatic heterocycles. The lowest BCUT2D eigenvalue weighted by Gasteiger charge is -2.12. The lowest BCUT2D eigenvalue weighted by molar-refractivity contribution is 0.0697. The van der Waals surface area contributed by atoms with Gasteiger partial charge in [0, 0.05) is 13.0 Å². The van der Waals surface area contributed by atoms with E-state index in [4.69, 9.17) is 4.98 Å². The highest BCUT2D eigenvalue weighted by Gasteiger charge is 2.13. The number of carboxylic acids is 1. The van der Waals surface area contributed by atoms with E-state index in [9.17, 15) is 9.90 Å². The molecule has 2 rings (SSSR count). The van der Waals surface area contributed by atoms with E-state index in [1.807, 2.05) is 6.07 Å². The molecule has 1 N–H and O–H groups in total. The van der Waals surface area contributed by atoms with Crippen LogP contribution in [-0.2, 0) is 13.0 Å². The number of benzene rings is 1. The largest absolute Gasteiger partial charge is 0.478 e. The van der Waals surface area contributed by atoms with Crippen LogP contribution in [0.1, 0.15) is 126 Å². The number of aryl methyl sites for hydroxylation is 2. The quantitative estimate of drug-likeness (QED) is 0.167. The molecule has 0 saturated carbocycles. The molecule has 0 amide bonds. The smallest absolute Gasteiger partial charge is 0.335 e. The Balaban J connectivity index is 0.00000648. The molecule has 36 heavy (non-hydrogen) atoms. The zero-order chi connectivity index (χ0) is 25.3. The Morgan fingerprint density at radius 1 is 0.833 bits per heavy atom. The third kappa shape index (κ3) is 12.6. The van der Waals surface area contributed by atoms with Crippen molar-refractivity contribution in [2.24, 2.45) is 0 Å². The molecule has 2 aromatic rings. The second-order valence-electron chi connectivity index (χ2n) is 10.5. The number of fused-ring (bicyclic) bond motifs is 1. The van der Waals surface area contributed by atoms with Gasteiger partial charge in [0.2, 0.25) is 0 Å². The average Bonchev–Trinajstić information content (AvgIpc) is 3.18. The molecule has 0 aliphatic rings. The first-order valence-corrected chi connectivity index (χ1v) is 14.4. The maximum atomic E-state index is 11.4. The maximum absolute atomic E-state index is 11.4. The molecular weight excluding hydrogens is 470 g/mol. The van der Waals surface area contributed by atoms with Crippen LogP contribution in [0.3, 0.4) is 0 Å². The normalized spacial score (nSPS) is 11.3. The standard InChI is InChI=1S/C30H51N3O2.ClH/c1-4-5-6-7-8-9-10-11-12-13-14-15-16-17-18-20-29-31-27-25-26(30(34)35)21-22-28(27)33(29)24-19-23-32(2)3;/h21-22,25H,4-20,23-24H2,1-3H3,(H,34,35);1H. The van der Waals surface area contributed by atoms with Crippen molar-refractivity contribution in [1.82, 2.24) is 14.5 Å². The molecule has 0 unspecified atom stereocenters. The monoisotopic (exact) mass is 521 g/mol. The fourth-order valence-electron chi connectivity index (χ4n) is 4.95. The molecule has 0 fully saturated rings. The van der Waals surface area contributed by atoms with Crippen LogP contribution in [0.5, 0.6) is 0 Å². The van der Waals surface area contributed by atoms with Crippen LogP contribution >= 0.6 is 12.4 Å². The fourth-order valence-corrected chi connectivity index (χ4v) is 4.95. The Morgan fingerprint density at radius 2 is 1.36 bits per heavy atom. The second-order valence-corrected chi connectivity index (χ2v) is 10.5. The summed E-state index contributed by atoms with van der Waals surface area (Å²) in [6.07, 6.45) is 22.6. The lowest BCUT2D eigenvalue weighted by Crippen LogP contribution is -2.16. The van der Waals surface area contributed by atoms with Crippen LogP contribution < -0.4 is 0 Å². The SMILES string of the molecule is CCCCCCCCCCCCCCCCCc1nc2cc(C(=O)O)ccc2n1CCCN(C)C.Cl. The van der Waals surface area contributed by atoms with E-state index in [-0.39, 0.29) is 12.4 Å². The molecule has 0 aliphatic carbocycles. The number of aromatic nitrogens is 2. The van der Waals surface area contributed by atoms with E-state index in [2.05, 4.69) is 30.5 Å². The summed E-state index contributed by atoms with van der Waals surface area (Å²) >= 11 is 0. The second kappa shape index (κ2) is 19.5. The molecule has 0 bridgehead atoms. The van der Waals surface area contributed by atoms with Crippen molar-refractivity contribution < 1.29 is 9.90 Å². The molecule has 5 nitrogen and oxygen atoms in total. The molecule has 0 saturated heterocycles. The summed E-state index contributed by atoms with van der Waals surface area (Å²) in [5.41, 5.74) is 2.18. The van der Waals surface area contributed by atoms with Crippen LogP contribution in [-0.4, -0.2) is 46.2 Å². The van der Waals surface area contributed by atoms with Crippen LogP contribution in [0.4, 0.5) is 0 Å². The topological polar surface area (TPSA) is 58.4 Å². The molecule has 6 heteroatoms. The average molecular weight is 522 g/mol. The summed E-state index contributed by atoms with van der Waals surface area (Å²) in [4.78, 5) is 18.4. The van der Waals surface area contributed by atoms with Crippen molar-refractivity contribution in [2.75, 3.05) is 20.6 Å². The molecular formula is C30H52ClN3O2. The van der Waals surface area contributed by atoms with Gasteiger partial charge >= 0.3 is 5.97 Å². The number of halogens is 1. The van der Waals surface area contributed by atoms with Crippen LogP contribution in [0.15, 0.2) is 18.2 Å². The highest BCUT2D eigenvalue weighted by atomic mass is 35.5. The molecule has 206 valence electrons. The summed E-state index contributed by atoms with van der Waals surface area (Å²) in [5.74, 6) is 0.217. The number of nitrogens with zero attached hydrogens (tertiary/aromatic N) is 3. The van der Waals surface area contributed by atoms with E-state index >= 15 is 0 Å². The van der Waals surface area contributed by atoms with Crippen LogP contribution in [0.25, 0.3) is 11.0 Å². The van der Waals surface area contributed by atoms with Gasteiger partial charge in [0.15, 0.2) is 0 Å². The highest BCUT2D eigenvalue weighted by Crippen LogP contribution is 2.21. The number of unbranched alkanes of at least 4 members (excludes halogenated alkanes) is 14.